The molecule has 3 heterocycles. The van der Waals surface area contributed by atoms with Crippen molar-refractivity contribution in [3.05, 3.63) is 363 Å². The van der Waals surface area contributed by atoms with Crippen molar-refractivity contribution < 1.29 is 13.7 Å². The van der Waals surface area contributed by atoms with Crippen LogP contribution < -0.4 is 26.2 Å². The lowest BCUT2D eigenvalue weighted by Crippen LogP contribution is -2.61. The minimum atomic E-state index is -0.905. The van der Waals surface area contributed by atoms with Crippen molar-refractivity contribution in [1.82, 2.24) is 4.57 Å². The summed E-state index contributed by atoms with van der Waals surface area (Å²) in [5, 5.41) is 8.16. The summed E-state index contributed by atoms with van der Waals surface area (Å²) in [6, 6.07) is 99.4. The van der Waals surface area contributed by atoms with Crippen LogP contribution in [0.25, 0.3) is 137 Å². The normalized spacial score (nSPS) is 14.1. The predicted molar refractivity (Wildman–Crippen MR) is 455 cm³/mol. The molecule has 20 rings (SSSR count). The van der Waals surface area contributed by atoms with Gasteiger partial charge in [0.25, 0.3) is 6.71 Å². The number of rotatable bonds is 9. The smallest absolute Gasteiger partial charge is 0.252 e. The van der Waals surface area contributed by atoms with E-state index in [1.54, 1.807) is 4.57 Å². The van der Waals surface area contributed by atoms with Gasteiger partial charge in [-0.1, -0.05) is 320 Å². The van der Waals surface area contributed by atoms with Crippen molar-refractivity contribution in [2.24, 2.45) is 0 Å². The van der Waals surface area contributed by atoms with E-state index >= 15 is 0 Å². The lowest BCUT2D eigenvalue weighted by atomic mass is 9.33. The van der Waals surface area contributed by atoms with Gasteiger partial charge < -0.3 is 14.4 Å². The molecule has 0 atom stereocenters. The first-order chi connectivity index (χ1) is 56.0. The maximum absolute atomic E-state index is 11.9. The second-order valence-corrected chi connectivity index (χ2v) is 30.3. The Balaban J connectivity index is 1.02. The molecule has 0 saturated carbocycles. The summed E-state index contributed by atoms with van der Waals surface area (Å²) in [7, 11) is 0. The Morgan fingerprint density at radius 1 is 0.283 bits per heavy atom. The highest BCUT2D eigenvalue weighted by Crippen LogP contribution is 2.56. The highest BCUT2D eigenvalue weighted by atomic mass is 15.2. The predicted octanol–water partition coefficient (Wildman–Crippen LogP) is 26.1. The summed E-state index contributed by atoms with van der Waals surface area (Å²) in [6.45, 7) is 12.3. The Labute approximate surface area is 634 Å². The number of hydrogen-bond donors (Lipinski definition) is 0. The minimum Gasteiger partial charge on any atom is -0.310 e. The zero-order valence-corrected chi connectivity index (χ0v) is 59.6. The van der Waals surface area contributed by atoms with Crippen molar-refractivity contribution in [2.75, 3.05) is 9.80 Å². The van der Waals surface area contributed by atoms with Gasteiger partial charge in [0.2, 0.25) is 0 Å². The quantitative estimate of drug-likeness (QED) is 0.105. The SMILES string of the molecule is [2H]c1c2c3c(c([2H])c1C(C)(C)C)N(c1c(-c4cc5ccccc5c5ccccc45)cccc1-c1cc4ccccc4c4ccccc14)c1cc(-n4c5c([2H])c([2H])c([2H])c([2H])c5c5c([2H])c([2H])c([2H])c([2H])c54)ccc1B3c1cc(-c3ccccc3)ccc1N2c1c(-c2ccccc2)cc(C(C)(C)C)cc1-c1cccc(-c2ccccc2)c1. The van der Waals surface area contributed by atoms with Crippen LogP contribution in [0.15, 0.2) is 352 Å². The fourth-order valence-corrected chi connectivity index (χ4v) is 16.9. The number of hydrogen-bond acceptors (Lipinski definition) is 2. The van der Waals surface area contributed by atoms with Crippen LogP contribution in [0.2, 0.25) is 0 Å². The molecule has 0 unspecified atom stereocenters. The van der Waals surface area contributed by atoms with Crippen molar-refractivity contribution in [2.45, 2.75) is 52.4 Å². The number of para-hydroxylation sites is 3. The zero-order chi connectivity index (χ0) is 79.8. The third-order valence-electron chi connectivity index (χ3n) is 22.0. The molecule has 0 radical (unpaired) electrons. The molecule has 2 aliphatic heterocycles. The van der Waals surface area contributed by atoms with Crippen molar-refractivity contribution in [3.8, 4) is 72.4 Å². The summed E-state index contributed by atoms with van der Waals surface area (Å²) < 4.78 is 102. The molecule has 0 saturated heterocycles. The lowest BCUT2D eigenvalue weighted by Gasteiger charge is -2.46. The number of aromatic nitrogens is 1. The molecule has 0 fully saturated rings. The summed E-state index contributed by atoms with van der Waals surface area (Å²) in [5.41, 5.74) is 18.3. The molecule has 3 nitrogen and oxygen atoms in total. The van der Waals surface area contributed by atoms with Crippen LogP contribution in [0, 0.1) is 0 Å². The Morgan fingerprint density at radius 2 is 0.726 bits per heavy atom. The fourth-order valence-electron chi connectivity index (χ4n) is 16.9. The first-order valence-electron chi connectivity index (χ1n) is 41.5. The third-order valence-corrected chi connectivity index (χ3v) is 22.0. The van der Waals surface area contributed by atoms with E-state index in [2.05, 4.69) is 318 Å². The largest absolute Gasteiger partial charge is 0.310 e. The van der Waals surface area contributed by atoms with Gasteiger partial charge in [0.1, 0.15) is 0 Å². The number of nitrogens with zero attached hydrogens (tertiary/aromatic N) is 3. The zero-order valence-electron chi connectivity index (χ0n) is 69.6. The van der Waals surface area contributed by atoms with Crippen LogP contribution in [0.4, 0.5) is 34.1 Å². The van der Waals surface area contributed by atoms with Gasteiger partial charge in [-0.05, 0) is 199 Å². The van der Waals surface area contributed by atoms with E-state index in [-0.39, 0.29) is 39.3 Å². The molecule has 2 aliphatic rings. The van der Waals surface area contributed by atoms with E-state index in [0.29, 0.717) is 39.5 Å². The molecule has 502 valence electrons. The molecule has 4 heteroatoms. The van der Waals surface area contributed by atoms with Gasteiger partial charge in [-0.3, -0.25) is 0 Å². The standard InChI is InChI=1S/C102H76BN3/c1-101(2,3)73-60-86(67-34-14-9-15-35-67)100(87(61-73)70-39-28-38-68(56-70)65-30-10-7-11-31-65)105-94-55-52-69(66-32-12-8-13-33-66)59-91(94)103-90-54-53-75(104-92-50-26-24-46-82(92)83-47-25-27-51-93(83)104)64-95(90)106(97-63-74(102(4,5)6)62-96(105)98(97)103)99-84(88-57-71-36-16-18-40-76(71)78-42-20-22-44-80(78)88)48-29-49-85(99)89-58-72-37-17-19-41-77(72)79-43-21-23-45-81(79)89/h7-64H,1-6H3/i24D,25D,26D,27D,46D,47D,50D,51D,62D,63D. The van der Waals surface area contributed by atoms with Crippen LogP contribution in [-0.4, -0.2) is 11.3 Å². The van der Waals surface area contributed by atoms with Crippen LogP contribution in [0.1, 0.15) is 66.4 Å². The Morgan fingerprint density at radius 3 is 1.28 bits per heavy atom. The van der Waals surface area contributed by atoms with Crippen molar-refractivity contribution in [1.29, 1.82) is 0 Å². The summed E-state index contributed by atoms with van der Waals surface area (Å²) in [4.78, 5) is 4.67. The average Bonchev–Trinajstić information content (AvgIpc) is 0.717. The molecule has 1 aromatic heterocycles. The average molecular weight is 1360 g/mol. The molecular weight excluding hydrogens is 1280 g/mol. The van der Waals surface area contributed by atoms with Crippen LogP contribution in [0.5, 0.6) is 0 Å². The van der Waals surface area contributed by atoms with Crippen LogP contribution >= 0.6 is 0 Å². The fraction of sp³-hybridized carbons (Fsp3) is 0.0784. The lowest BCUT2D eigenvalue weighted by molar-refractivity contribution is 0.590. The maximum atomic E-state index is 11.9. The molecule has 0 N–H and O–H groups in total. The molecule has 0 aliphatic carbocycles. The van der Waals surface area contributed by atoms with Crippen LogP contribution in [-0.2, 0) is 10.8 Å². The van der Waals surface area contributed by atoms with Gasteiger partial charge >= 0.3 is 0 Å². The first-order valence-corrected chi connectivity index (χ1v) is 36.5. The monoisotopic (exact) mass is 1360 g/mol. The third kappa shape index (κ3) is 10.1. The van der Waals surface area contributed by atoms with Crippen molar-refractivity contribution in [3.63, 3.8) is 0 Å². The van der Waals surface area contributed by atoms with E-state index in [0.717, 1.165) is 138 Å². The molecule has 106 heavy (non-hydrogen) atoms. The summed E-state index contributed by atoms with van der Waals surface area (Å²) in [5.74, 6) is 0. The van der Waals surface area contributed by atoms with Gasteiger partial charge in [-0.25, -0.2) is 0 Å². The van der Waals surface area contributed by atoms with Gasteiger partial charge in [0.05, 0.1) is 36.1 Å². The number of benzene rings is 17. The van der Waals surface area contributed by atoms with E-state index < -0.39 is 60.5 Å². The molecule has 0 amide bonds. The van der Waals surface area contributed by atoms with Gasteiger partial charge in [-0.2, -0.15) is 0 Å². The molecule has 0 spiro atoms. The van der Waals surface area contributed by atoms with Gasteiger partial charge in [0.15, 0.2) is 0 Å². The second kappa shape index (κ2) is 24.4. The molecular formula is C102H76BN3. The Kier molecular flexibility index (Phi) is 12.2. The molecule has 18 aromatic rings. The summed E-state index contributed by atoms with van der Waals surface area (Å²) in [6.07, 6.45) is 0. The summed E-state index contributed by atoms with van der Waals surface area (Å²) >= 11 is 0. The van der Waals surface area contributed by atoms with E-state index in [1.807, 2.05) is 24.3 Å². The highest BCUT2D eigenvalue weighted by Gasteiger charge is 2.47. The van der Waals surface area contributed by atoms with E-state index in [9.17, 15) is 13.7 Å². The highest BCUT2D eigenvalue weighted by molar-refractivity contribution is 7.00. The Hall–Kier alpha value is -12.8. The molecule has 17 aromatic carbocycles. The van der Waals surface area contributed by atoms with E-state index in [1.165, 1.54) is 0 Å². The number of anilines is 6. The van der Waals surface area contributed by atoms with Gasteiger partial charge in [0, 0.05) is 61.5 Å². The second-order valence-electron chi connectivity index (χ2n) is 30.3. The van der Waals surface area contributed by atoms with Crippen molar-refractivity contribution >= 4 is 122 Å². The maximum Gasteiger partial charge on any atom is 0.252 e. The molecule has 0 bridgehead atoms. The minimum absolute atomic E-state index is 0.0210. The van der Waals surface area contributed by atoms with Crippen LogP contribution in [0.3, 0.4) is 0 Å². The number of fused-ring (bicyclic) bond motifs is 13. The first kappa shape index (κ1) is 53.1. The van der Waals surface area contributed by atoms with Gasteiger partial charge in [-0.15, -0.1) is 0 Å². The topological polar surface area (TPSA) is 11.4 Å². The van der Waals surface area contributed by atoms with E-state index in [4.69, 9.17) is 0 Å². The Bertz CT molecular complexity index is 7040.